The molecule has 7 heteroatoms. The average Bonchev–Trinajstić information content (AvgIpc) is 2.39. The van der Waals surface area contributed by atoms with Crippen molar-refractivity contribution in [2.45, 2.75) is 13.8 Å². The second-order valence-electron chi connectivity index (χ2n) is 4.46. The molecule has 0 bridgehead atoms. The molecule has 0 aliphatic carbocycles. The fourth-order valence-corrected chi connectivity index (χ4v) is 2.16. The van der Waals surface area contributed by atoms with E-state index in [1.54, 1.807) is 20.2 Å². The third-order valence-electron chi connectivity index (χ3n) is 2.76. The summed E-state index contributed by atoms with van der Waals surface area (Å²) >= 11 is 12.3. The maximum atomic E-state index is 11.8. The molecule has 1 N–H and O–H groups in total. The Bertz CT molecular complexity index is 480. The minimum absolute atomic E-state index is 0.00957. The molecule has 0 atom stereocenters. The number of hydrogen-bond donors (Lipinski definition) is 1. The highest BCUT2D eigenvalue weighted by Crippen LogP contribution is 2.31. The van der Waals surface area contributed by atoms with Crippen LogP contribution in [0.4, 0.5) is 11.6 Å². The second kappa shape index (κ2) is 7.55. The predicted molar refractivity (Wildman–Crippen MR) is 85.0 cm³/mol. The molecular formula is C13H20Cl2N4O. The normalized spacial score (nSPS) is 10.3. The minimum Gasteiger partial charge on any atom is -0.369 e. The van der Waals surface area contributed by atoms with Gasteiger partial charge in [0.1, 0.15) is 11.6 Å². The summed E-state index contributed by atoms with van der Waals surface area (Å²) in [6.07, 6.45) is 0. The van der Waals surface area contributed by atoms with Gasteiger partial charge in [-0.1, -0.05) is 23.2 Å². The van der Waals surface area contributed by atoms with Crippen molar-refractivity contribution in [3.63, 3.8) is 0 Å². The number of nitrogens with zero attached hydrogens (tertiary/aromatic N) is 3. The van der Waals surface area contributed by atoms with Gasteiger partial charge in [0.2, 0.25) is 5.91 Å². The summed E-state index contributed by atoms with van der Waals surface area (Å²) in [4.78, 5) is 19.6. The molecule has 0 aromatic carbocycles. The minimum atomic E-state index is -0.00957. The fourth-order valence-electron chi connectivity index (χ4n) is 1.61. The van der Waals surface area contributed by atoms with Crippen molar-refractivity contribution in [3.05, 3.63) is 16.1 Å². The lowest BCUT2D eigenvalue weighted by Crippen LogP contribution is -2.37. The summed E-state index contributed by atoms with van der Waals surface area (Å²) in [5.41, 5.74) is 0. The molecule has 5 nitrogen and oxygen atoms in total. The van der Waals surface area contributed by atoms with Crippen LogP contribution in [0.1, 0.15) is 13.8 Å². The van der Waals surface area contributed by atoms with E-state index in [1.165, 1.54) is 4.90 Å². The summed E-state index contributed by atoms with van der Waals surface area (Å²) in [6.45, 7) is 5.46. The first kappa shape index (κ1) is 16.9. The molecule has 1 heterocycles. The van der Waals surface area contributed by atoms with E-state index in [2.05, 4.69) is 10.3 Å². The van der Waals surface area contributed by atoms with Gasteiger partial charge in [-0.05, 0) is 19.9 Å². The number of hydrogen-bond acceptors (Lipinski definition) is 4. The Balaban J connectivity index is 3.08. The summed E-state index contributed by atoms with van der Waals surface area (Å²) < 4.78 is 0. The van der Waals surface area contributed by atoms with Crippen LogP contribution in [-0.4, -0.2) is 49.5 Å². The third kappa shape index (κ3) is 4.15. The molecule has 0 spiro atoms. The zero-order valence-corrected chi connectivity index (χ0v) is 13.7. The number of rotatable bonds is 6. The maximum absolute atomic E-state index is 11.8. The van der Waals surface area contributed by atoms with Gasteiger partial charge >= 0.3 is 0 Å². The SMILES string of the molecule is CCNc1nc(N(CC)CC(=O)N(C)C)c(Cl)cc1Cl. The van der Waals surface area contributed by atoms with Crippen LogP contribution in [0.2, 0.25) is 10.0 Å². The Kier molecular flexibility index (Phi) is 6.36. The van der Waals surface area contributed by atoms with Crippen LogP contribution in [0.15, 0.2) is 6.07 Å². The van der Waals surface area contributed by atoms with Crippen LogP contribution >= 0.6 is 23.2 Å². The molecule has 1 amide bonds. The zero-order valence-electron chi connectivity index (χ0n) is 12.2. The van der Waals surface area contributed by atoms with Crippen molar-refractivity contribution in [1.29, 1.82) is 0 Å². The predicted octanol–water partition coefficient (Wildman–Crippen LogP) is 2.73. The van der Waals surface area contributed by atoms with Crippen LogP contribution in [0.3, 0.4) is 0 Å². The lowest BCUT2D eigenvalue weighted by molar-refractivity contribution is -0.127. The molecule has 1 aromatic rings. The summed E-state index contributed by atoms with van der Waals surface area (Å²) in [7, 11) is 3.44. The quantitative estimate of drug-likeness (QED) is 0.876. The monoisotopic (exact) mass is 318 g/mol. The van der Waals surface area contributed by atoms with Gasteiger partial charge in [0.25, 0.3) is 0 Å². The Morgan fingerprint density at radius 1 is 1.30 bits per heavy atom. The van der Waals surface area contributed by atoms with Gasteiger partial charge in [0, 0.05) is 27.2 Å². The second-order valence-corrected chi connectivity index (χ2v) is 5.27. The first-order valence-electron chi connectivity index (χ1n) is 6.45. The van der Waals surface area contributed by atoms with E-state index in [4.69, 9.17) is 23.2 Å². The number of likely N-dealkylation sites (N-methyl/N-ethyl adjacent to an activating group) is 2. The number of amides is 1. The number of nitrogens with one attached hydrogen (secondary N) is 1. The standard InChI is InChI=1S/C13H20Cl2N4O/c1-5-16-12-9(14)7-10(15)13(17-12)19(6-2)8-11(20)18(3)4/h7H,5-6,8H2,1-4H3,(H,16,17). The smallest absolute Gasteiger partial charge is 0.241 e. The highest BCUT2D eigenvalue weighted by Gasteiger charge is 2.17. The van der Waals surface area contributed by atoms with Gasteiger partial charge in [-0.25, -0.2) is 4.98 Å². The van der Waals surface area contributed by atoms with E-state index in [0.29, 0.717) is 34.8 Å². The third-order valence-corrected chi connectivity index (χ3v) is 3.33. The summed E-state index contributed by atoms with van der Waals surface area (Å²) in [6, 6.07) is 1.65. The Morgan fingerprint density at radius 3 is 2.45 bits per heavy atom. The highest BCUT2D eigenvalue weighted by molar-refractivity contribution is 6.37. The molecule has 0 radical (unpaired) electrons. The average molecular weight is 319 g/mol. The van der Waals surface area contributed by atoms with Gasteiger partial charge < -0.3 is 15.1 Å². The molecule has 20 heavy (non-hydrogen) atoms. The highest BCUT2D eigenvalue weighted by atomic mass is 35.5. The van der Waals surface area contributed by atoms with Crippen LogP contribution in [-0.2, 0) is 4.79 Å². The number of pyridine rings is 1. The van der Waals surface area contributed by atoms with Crippen LogP contribution in [0.5, 0.6) is 0 Å². The number of carbonyl (C=O) groups excluding carboxylic acids is 1. The Labute approximate surface area is 129 Å². The van der Waals surface area contributed by atoms with Crippen LogP contribution < -0.4 is 10.2 Å². The van der Waals surface area contributed by atoms with Crippen molar-refractivity contribution in [1.82, 2.24) is 9.88 Å². The number of carbonyl (C=O) groups is 1. The summed E-state index contributed by atoms with van der Waals surface area (Å²) in [5.74, 6) is 1.12. The van der Waals surface area contributed by atoms with Crippen LogP contribution in [0, 0.1) is 0 Å². The van der Waals surface area contributed by atoms with Crippen molar-refractivity contribution >= 4 is 40.7 Å². The van der Waals surface area contributed by atoms with E-state index < -0.39 is 0 Å². The van der Waals surface area contributed by atoms with Gasteiger partial charge in [0.05, 0.1) is 16.6 Å². The van der Waals surface area contributed by atoms with E-state index in [1.807, 2.05) is 18.7 Å². The molecule has 0 aliphatic rings. The first-order valence-corrected chi connectivity index (χ1v) is 7.21. The van der Waals surface area contributed by atoms with Gasteiger partial charge in [-0.2, -0.15) is 0 Å². The lowest BCUT2D eigenvalue weighted by atomic mass is 10.3. The summed E-state index contributed by atoms with van der Waals surface area (Å²) in [5, 5.41) is 3.98. The largest absolute Gasteiger partial charge is 0.369 e. The van der Waals surface area contributed by atoms with Crippen molar-refractivity contribution in [2.24, 2.45) is 0 Å². The molecule has 0 aliphatic heterocycles. The Morgan fingerprint density at radius 2 is 1.95 bits per heavy atom. The number of anilines is 2. The van der Waals surface area contributed by atoms with Gasteiger partial charge in [0.15, 0.2) is 0 Å². The molecular weight excluding hydrogens is 299 g/mol. The van der Waals surface area contributed by atoms with Crippen LogP contribution in [0.25, 0.3) is 0 Å². The molecule has 1 aromatic heterocycles. The van der Waals surface area contributed by atoms with Crippen molar-refractivity contribution < 1.29 is 4.79 Å². The van der Waals surface area contributed by atoms with Crippen molar-refractivity contribution in [3.8, 4) is 0 Å². The van der Waals surface area contributed by atoms with E-state index in [0.717, 1.165) is 0 Å². The topological polar surface area (TPSA) is 48.5 Å². The molecule has 112 valence electrons. The molecule has 0 saturated heterocycles. The first-order chi connectivity index (χ1) is 9.40. The van der Waals surface area contributed by atoms with Gasteiger partial charge in [-0.3, -0.25) is 4.79 Å². The Hall–Kier alpha value is -1.20. The lowest BCUT2D eigenvalue weighted by Gasteiger charge is -2.24. The molecule has 0 unspecified atom stereocenters. The van der Waals surface area contributed by atoms with E-state index in [9.17, 15) is 4.79 Å². The number of aromatic nitrogens is 1. The fraction of sp³-hybridized carbons (Fsp3) is 0.538. The van der Waals surface area contributed by atoms with Crippen molar-refractivity contribution in [2.75, 3.05) is 43.9 Å². The number of halogens is 2. The molecule has 0 fully saturated rings. The molecule has 1 rings (SSSR count). The van der Waals surface area contributed by atoms with E-state index >= 15 is 0 Å². The van der Waals surface area contributed by atoms with E-state index in [-0.39, 0.29) is 12.5 Å². The zero-order chi connectivity index (χ0) is 15.3. The maximum Gasteiger partial charge on any atom is 0.241 e. The molecule has 0 saturated carbocycles. The van der Waals surface area contributed by atoms with Gasteiger partial charge in [-0.15, -0.1) is 0 Å².